The summed E-state index contributed by atoms with van der Waals surface area (Å²) in [4.78, 5) is 2.55. The molecule has 1 saturated heterocycles. The van der Waals surface area contributed by atoms with Gasteiger partial charge in [0.05, 0.1) is 6.61 Å². The molecule has 0 N–H and O–H groups in total. The van der Waals surface area contributed by atoms with Gasteiger partial charge in [-0.1, -0.05) is 26.7 Å². The molecule has 1 aliphatic heterocycles. The highest BCUT2D eigenvalue weighted by atomic mass is 16.5. The molecule has 0 saturated carbocycles. The zero-order valence-electron chi connectivity index (χ0n) is 10.5. The van der Waals surface area contributed by atoms with Crippen LogP contribution < -0.4 is 0 Å². The average Bonchev–Trinajstić information content (AvgIpc) is 2.30. The first-order chi connectivity index (χ1) is 7.36. The van der Waals surface area contributed by atoms with Gasteiger partial charge in [-0.2, -0.15) is 0 Å². The van der Waals surface area contributed by atoms with Gasteiger partial charge in [-0.3, -0.25) is 0 Å². The van der Waals surface area contributed by atoms with Crippen molar-refractivity contribution in [1.82, 2.24) is 4.90 Å². The Labute approximate surface area is 95.0 Å². The molecule has 0 atom stereocenters. The number of likely N-dealkylation sites (tertiary alicyclic amines) is 1. The second-order valence-electron chi connectivity index (χ2n) is 4.66. The summed E-state index contributed by atoms with van der Waals surface area (Å²) in [5.74, 6) is 0.988. The van der Waals surface area contributed by atoms with Crippen LogP contribution in [0.15, 0.2) is 0 Å². The van der Waals surface area contributed by atoms with Gasteiger partial charge in [0.1, 0.15) is 0 Å². The molecule has 0 aromatic carbocycles. The smallest absolute Gasteiger partial charge is 0.0593 e. The van der Waals surface area contributed by atoms with Crippen molar-refractivity contribution >= 4 is 0 Å². The number of nitrogens with zero attached hydrogens (tertiary/aromatic N) is 1. The van der Waals surface area contributed by atoms with Crippen molar-refractivity contribution in [1.29, 1.82) is 0 Å². The number of unbranched alkanes of at least 4 members (excludes halogenated alkanes) is 1. The quantitative estimate of drug-likeness (QED) is 0.603. The van der Waals surface area contributed by atoms with Crippen molar-refractivity contribution in [2.45, 2.75) is 46.0 Å². The molecule has 0 radical (unpaired) electrons. The zero-order valence-corrected chi connectivity index (χ0v) is 10.5. The molecular weight excluding hydrogens is 186 g/mol. The van der Waals surface area contributed by atoms with Crippen molar-refractivity contribution in [2.75, 3.05) is 32.8 Å². The van der Waals surface area contributed by atoms with Crippen LogP contribution >= 0.6 is 0 Å². The molecule has 0 unspecified atom stereocenters. The van der Waals surface area contributed by atoms with Crippen LogP contribution in [0.4, 0.5) is 0 Å². The lowest BCUT2D eigenvalue weighted by Crippen LogP contribution is -2.35. The molecule has 0 spiro atoms. The minimum Gasteiger partial charge on any atom is -0.380 e. The lowest BCUT2D eigenvalue weighted by molar-refractivity contribution is 0.0864. The average molecular weight is 213 g/mol. The van der Waals surface area contributed by atoms with Gasteiger partial charge in [0.2, 0.25) is 0 Å². The van der Waals surface area contributed by atoms with Gasteiger partial charge in [0.15, 0.2) is 0 Å². The lowest BCUT2D eigenvalue weighted by atomic mass is 9.94. The van der Waals surface area contributed by atoms with Crippen molar-refractivity contribution in [2.24, 2.45) is 5.92 Å². The van der Waals surface area contributed by atoms with Gasteiger partial charge in [-0.05, 0) is 38.3 Å². The Kier molecular flexibility index (Phi) is 7.03. The van der Waals surface area contributed by atoms with Gasteiger partial charge in [-0.15, -0.1) is 0 Å². The normalized spacial score (nSPS) is 19.6. The predicted octanol–water partition coefficient (Wildman–Crippen LogP) is 2.93. The van der Waals surface area contributed by atoms with E-state index in [0.29, 0.717) is 0 Å². The maximum absolute atomic E-state index is 5.59. The number of hydrogen-bond acceptors (Lipinski definition) is 2. The Morgan fingerprint density at radius 1 is 1.13 bits per heavy atom. The van der Waals surface area contributed by atoms with E-state index in [0.717, 1.165) is 25.7 Å². The fraction of sp³-hybridized carbons (Fsp3) is 1.00. The van der Waals surface area contributed by atoms with Crippen LogP contribution in [0.1, 0.15) is 46.0 Å². The second kappa shape index (κ2) is 8.12. The molecule has 1 rings (SSSR count). The number of ether oxygens (including phenoxy) is 1. The summed E-state index contributed by atoms with van der Waals surface area (Å²) in [5, 5.41) is 0. The maximum atomic E-state index is 5.59. The van der Waals surface area contributed by atoms with Crippen LogP contribution in [0.25, 0.3) is 0 Å². The van der Waals surface area contributed by atoms with E-state index in [9.17, 15) is 0 Å². The highest BCUT2D eigenvalue weighted by molar-refractivity contribution is 4.70. The molecule has 90 valence electrons. The lowest BCUT2D eigenvalue weighted by Gasteiger charge is -2.31. The van der Waals surface area contributed by atoms with Gasteiger partial charge >= 0.3 is 0 Å². The SMILES string of the molecule is CCCCOCCN1CCC(CC)CC1. The number of rotatable bonds is 7. The molecule has 0 aliphatic carbocycles. The molecule has 1 heterocycles. The maximum Gasteiger partial charge on any atom is 0.0593 e. The van der Waals surface area contributed by atoms with Crippen LogP contribution in [0.5, 0.6) is 0 Å². The second-order valence-corrected chi connectivity index (χ2v) is 4.66. The fourth-order valence-corrected chi connectivity index (χ4v) is 2.16. The molecule has 2 nitrogen and oxygen atoms in total. The minimum atomic E-state index is 0.927. The monoisotopic (exact) mass is 213 g/mol. The molecule has 0 aromatic rings. The molecule has 1 fully saturated rings. The summed E-state index contributed by atoms with van der Waals surface area (Å²) in [5.41, 5.74) is 0. The van der Waals surface area contributed by atoms with Crippen LogP contribution in [0, 0.1) is 5.92 Å². The first kappa shape index (κ1) is 13.0. The van der Waals surface area contributed by atoms with Crippen molar-refractivity contribution in [3.8, 4) is 0 Å². The van der Waals surface area contributed by atoms with E-state index in [4.69, 9.17) is 4.74 Å². The van der Waals surface area contributed by atoms with Crippen LogP contribution in [0.3, 0.4) is 0 Å². The van der Waals surface area contributed by atoms with Crippen molar-refractivity contribution < 1.29 is 4.74 Å². The predicted molar refractivity (Wildman–Crippen MR) is 65.2 cm³/mol. The third-order valence-corrected chi connectivity index (χ3v) is 3.48. The van der Waals surface area contributed by atoms with Crippen LogP contribution in [-0.2, 0) is 4.74 Å². The third kappa shape index (κ3) is 5.53. The molecule has 1 aliphatic rings. The fourth-order valence-electron chi connectivity index (χ4n) is 2.16. The van der Waals surface area contributed by atoms with Crippen LogP contribution in [0.2, 0.25) is 0 Å². The largest absolute Gasteiger partial charge is 0.380 e. The summed E-state index contributed by atoms with van der Waals surface area (Å²) in [6, 6.07) is 0. The third-order valence-electron chi connectivity index (χ3n) is 3.48. The Morgan fingerprint density at radius 2 is 1.87 bits per heavy atom. The Hall–Kier alpha value is -0.0800. The Balaban J connectivity index is 1.94. The van der Waals surface area contributed by atoms with Crippen LogP contribution in [-0.4, -0.2) is 37.7 Å². The summed E-state index contributed by atoms with van der Waals surface area (Å²) >= 11 is 0. The Morgan fingerprint density at radius 3 is 2.47 bits per heavy atom. The summed E-state index contributed by atoms with van der Waals surface area (Å²) in [6.07, 6.45) is 6.59. The highest BCUT2D eigenvalue weighted by Crippen LogP contribution is 2.19. The molecule has 0 bridgehead atoms. The van der Waals surface area contributed by atoms with Gasteiger partial charge in [0, 0.05) is 13.2 Å². The number of piperidine rings is 1. The van der Waals surface area contributed by atoms with E-state index in [1.165, 1.54) is 45.2 Å². The van der Waals surface area contributed by atoms with Gasteiger partial charge in [-0.25, -0.2) is 0 Å². The standard InChI is InChI=1S/C13H27NO/c1-3-5-11-15-12-10-14-8-6-13(4-2)7-9-14/h13H,3-12H2,1-2H3. The summed E-state index contributed by atoms with van der Waals surface area (Å²) in [6.45, 7) is 10.1. The molecule has 0 aromatic heterocycles. The van der Waals surface area contributed by atoms with E-state index < -0.39 is 0 Å². The van der Waals surface area contributed by atoms with Crippen molar-refractivity contribution in [3.05, 3.63) is 0 Å². The molecule has 0 amide bonds. The van der Waals surface area contributed by atoms with E-state index in [-0.39, 0.29) is 0 Å². The minimum absolute atomic E-state index is 0.927. The topological polar surface area (TPSA) is 12.5 Å². The van der Waals surface area contributed by atoms with E-state index in [1.807, 2.05) is 0 Å². The molecule has 15 heavy (non-hydrogen) atoms. The summed E-state index contributed by atoms with van der Waals surface area (Å²) in [7, 11) is 0. The van der Waals surface area contributed by atoms with E-state index in [1.54, 1.807) is 0 Å². The zero-order chi connectivity index (χ0) is 10.9. The highest BCUT2D eigenvalue weighted by Gasteiger charge is 2.16. The first-order valence-electron chi connectivity index (χ1n) is 6.66. The molecular formula is C13H27NO. The molecule has 2 heteroatoms. The van der Waals surface area contributed by atoms with Crippen molar-refractivity contribution in [3.63, 3.8) is 0 Å². The summed E-state index contributed by atoms with van der Waals surface area (Å²) < 4.78 is 5.59. The van der Waals surface area contributed by atoms with E-state index >= 15 is 0 Å². The van der Waals surface area contributed by atoms with E-state index in [2.05, 4.69) is 18.7 Å². The first-order valence-corrected chi connectivity index (χ1v) is 6.66. The van der Waals surface area contributed by atoms with Gasteiger partial charge in [0.25, 0.3) is 0 Å². The number of hydrogen-bond donors (Lipinski definition) is 0. The Bertz CT molecular complexity index is 141. The van der Waals surface area contributed by atoms with Gasteiger partial charge < -0.3 is 9.64 Å².